The molecule has 1 aliphatic rings. The molecular weight excluding hydrogens is 344 g/mol. The lowest BCUT2D eigenvalue weighted by atomic mass is 10.1. The lowest BCUT2D eigenvalue weighted by molar-refractivity contribution is -0.127. The van der Waals surface area contributed by atoms with Gasteiger partial charge in [-0.3, -0.25) is 14.7 Å². The lowest BCUT2D eigenvalue weighted by Gasteiger charge is -2.32. The van der Waals surface area contributed by atoms with Gasteiger partial charge in [-0.05, 0) is 50.2 Å². The van der Waals surface area contributed by atoms with Crippen LogP contribution in [0.2, 0.25) is 0 Å². The zero-order valence-electron chi connectivity index (χ0n) is 15.3. The number of ether oxygens (including phenoxy) is 1. The molecule has 7 heteroatoms. The number of benzene rings is 1. The fourth-order valence-corrected chi connectivity index (χ4v) is 3.24. The number of phenolic OH excluding ortho intramolecular Hbond substituents is 1. The number of nitrogens with one attached hydrogen (secondary N) is 1. The minimum atomic E-state index is -0.484. The molecule has 1 aromatic heterocycles. The van der Waals surface area contributed by atoms with E-state index in [0.717, 1.165) is 25.9 Å². The van der Waals surface area contributed by atoms with Crippen LogP contribution in [0.15, 0.2) is 47.7 Å². The van der Waals surface area contributed by atoms with Crippen LogP contribution in [0, 0.1) is 0 Å². The van der Waals surface area contributed by atoms with Crippen molar-refractivity contribution >= 4 is 12.1 Å². The maximum absolute atomic E-state index is 12.8. The number of carbonyl (C=O) groups is 1. The highest BCUT2D eigenvalue weighted by Crippen LogP contribution is 2.28. The first-order chi connectivity index (χ1) is 13.2. The summed E-state index contributed by atoms with van der Waals surface area (Å²) in [4.78, 5) is 19.4. The van der Waals surface area contributed by atoms with E-state index in [1.807, 2.05) is 18.2 Å². The Morgan fingerprint density at radius 1 is 1.26 bits per heavy atom. The number of methoxy groups -OCH3 is 1. The summed E-state index contributed by atoms with van der Waals surface area (Å²) >= 11 is 0. The number of pyridine rings is 1. The second-order valence-corrected chi connectivity index (χ2v) is 6.39. The molecular formula is C20H24N4O3. The average molecular weight is 368 g/mol. The van der Waals surface area contributed by atoms with Crippen molar-refractivity contribution in [1.29, 1.82) is 0 Å². The minimum absolute atomic E-state index is 0.0182. The number of hydrazone groups is 1. The third kappa shape index (κ3) is 4.62. The molecule has 1 aromatic carbocycles. The zero-order chi connectivity index (χ0) is 19.1. The number of amides is 1. The van der Waals surface area contributed by atoms with E-state index in [1.54, 1.807) is 24.4 Å². The van der Waals surface area contributed by atoms with E-state index in [0.29, 0.717) is 17.0 Å². The highest BCUT2D eigenvalue weighted by molar-refractivity contribution is 5.87. The average Bonchev–Trinajstić information content (AvgIpc) is 2.71. The molecule has 1 atom stereocenters. The second kappa shape index (κ2) is 9.14. The Labute approximate surface area is 158 Å². The van der Waals surface area contributed by atoms with Gasteiger partial charge in [0.25, 0.3) is 5.91 Å². The summed E-state index contributed by atoms with van der Waals surface area (Å²) in [6.07, 6.45) is 6.41. The van der Waals surface area contributed by atoms with Gasteiger partial charge in [-0.1, -0.05) is 18.6 Å². The summed E-state index contributed by atoms with van der Waals surface area (Å²) in [7, 11) is 1.48. The Hall–Kier alpha value is -2.93. The summed E-state index contributed by atoms with van der Waals surface area (Å²) in [6.45, 7) is 1.71. The summed E-state index contributed by atoms with van der Waals surface area (Å²) in [5.41, 5.74) is 3.75. The zero-order valence-corrected chi connectivity index (χ0v) is 15.3. The molecule has 1 unspecified atom stereocenters. The number of hydrogen-bond donors (Lipinski definition) is 2. The first kappa shape index (κ1) is 18.8. The van der Waals surface area contributed by atoms with E-state index in [1.165, 1.54) is 19.7 Å². The van der Waals surface area contributed by atoms with Gasteiger partial charge in [-0.15, -0.1) is 0 Å². The SMILES string of the molecule is COc1cccc(C=NNC(=O)C(c2ccccn2)N2CCCCC2)c1O. The van der Waals surface area contributed by atoms with Crippen LogP contribution in [-0.2, 0) is 4.79 Å². The van der Waals surface area contributed by atoms with Crippen LogP contribution in [-0.4, -0.2) is 47.3 Å². The molecule has 2 N–H and O–H groups in total. The molecule has 3 rings (SSSR count). The maximum atomic E-state index is 12.8. The molecule has 7 nitrogen and oxygen atoms in total. The number of piperidine rings is 1. The Kier molecular flexibility index (Phi) is 6.38. The van der Waals surface area contributed by atoms with E-state index in [4.69, 9.17) is 4.74 Å². The molecule has 2 aromatic rings. The number of para-hydroxylation sites is 1. The molecule has 1 fully saturated rings. The van der Waals surface area contributed by atoms with Gasteiger partial charge in [0, 0.05) is 11.8 Å². The third-order valence-electron chi connectivity index (χ3n) is 4.60. The van der Waals surface area contributed by atoms with Crippen LogP contribution < -0.4 is 10.2 Å². The number of nitrogens with zero attached hydrogens (tertiary/aromatic N) is 3. The predicted molar refractivity (Wildman–Crippen MR) is 103 cm³/mol. The lowest BCUT2D eigenvalue weighted by Crippen LogP contribution is -2.42. The number of carbonyl (C=O) groups excluding carboxylic acids is 1. The van der Waals surface area contributed by atoms with Crippen molar-refractivity contribution in [3.8, 4) is 11.5 Å². The standard InChI is InChI=1S/C20H24N4O3/c1-27-17-10-7-8-15(19(17)25)14-22-23-20(26)18(16-9-3-4-11-21-16)24-12-5-2-6-13-24/h3-4,7-11,14,18,25H,2,5-6,12-13H2,1H3,(H,23,26). The monoisotopic (exact) mass is 368 g/mol. The summed E-state index contributed by atoms with van der Waals surface area (Å²) < 4.78 is 5.07. The summed E-state index contributed by atoms with van der Waals surface area (Å²) in [5, 5.41) is 14.1. The van der Waals surface area contributed by atoms with E-state index in [9.17, 15) is 9.90 Å². The normalized spacial score (nSPS) is 16.2. The molecule has 0 radical (unpaired) electrons. The smallest absolute Gasteiger partial charge is 0.263 e. The number of phenols is 1. The minimum Gasteiger partial charge on any atom is -0.504 e. The van der Waals surface area contributed by atoms with Crippen LogP contribution in [0.4, 0.5) is 0 Å². The van der Waals surface area contributed by atoms with Gasteiger partial charge in [0.1, 0.15) is 6.04 Å². The molecule has 27 heavy (non-hydrogen) atoms. The van der Waals surface area contributed by atoms with E-state index < -0.39 is 6.04 Å². The van der Waals surface area contributed by atoms with Gasteiger partial charge in [-0.2, -0.15) is 5.10 Å². The number of hydrogen-bond acceptors (Lipinski definition) is 6. The van der Waals surface area contributed by atoms with E-state index >= 15 is 0 Å². The van der Waals surface area contributed by atoms with Crippen molar-refractivity contribution in [3.05, 3.63) is 53.9 Å². The van der Waals surface area contributed by atoms with Crippen LogP contribution in [0.1, 0.15) is 36.6 Å². The number of likely N-dealkylation sites (tertiary alicyclic amines) is 1. The van der Waals surface area contributed by atoms with Crippen LogP contribution in [0.5, 0.6) is 11.5 Å². The molecule has 0 saturated carbocycles. The van der Waals surface area contributed by atoms with Crippen molar-refractivity contribution in [2.45, 2.75) is 25.3 Å². The van der Waals surface area contributed by atoms with Crippen molar-refractivity contribution in [2.24, 2.45) is 5.10 Å². The molecule has 1 amide bonds. The summed E-state index contributed by atoms with van der Waals surface area (Å²) in [6, 6.07) is 10.2. The van der Waals surface area contributed by atoms with E-state index in [2.05, 4.69) is 20.4 Å². The maximum Gasteiger partial charge on any atom is 0.263 e. The first-order valence-corrected chi connectivity index (χ1v) is 9.04. The molecule has 142 valence electrons. The molecule has 0 bridgehead atoms. The quantitative estimate of drug-likeness (QED) is 0.604. The Morgan fingerprint density at radius 2 is 2.07 bits per heavy atom. The topological polar surface area (TPSA) is 87.0 Å². The van der Waals surface area contributed by atoms with Gasteiger partial charge in [0.05, 0.1) is 19.0 Å². The largest absolute Gasteiger partial charge is 0.504 e. The van der Waals surface area contributed by atoms with Crippen molar-refractivity contribution in [2.75, 3.05) is 20.2 Å². The van der Waals surface area contributed by atoms with Gasteiger partial charge in [0.15, 0.2) is 11.5 Å². The Bertz CT molecular complexity index is 789. The Morgan fingerprint density at radius 3 is 2.78 bits per heavy atom. The number of aromatic nitrogens is 1. The Balaban J connectivity index is 1.75. The fraction of sp³-hybridized carbons (Fsp3) is 0.350. The van der Waals surface area contributed by atoms with Crippen molar-refractivity contribution in [1.82, 2.24) is 15.3 Å². The van der Waals surface area contributed by atoms with Crippen LogP contribution in [0.25, 0.3) is 0 Å². The highest BCUT2D eigenvalue weighted by Gasteiger charge is 2.29. The molecule has 0 spiro atoms. The van der Waals surface area contributed by atoms with Crippen molar-refractivity contribution < 1.29 is 14.6 Å². The van der Waals surface area contributed by atoms with Gasteiger partial charge in [0.2, 0.25) is 0 Å². The van der Waals surface area contributed by atoms with Gasteiger partial charge >= 0.3 is 0 Å². The van der Waals surface area contributed by atoms with E-state index in [-0.39, 0.29) is 11.7 Å². The van der Waals surface area contributed by atoms with Gasteiger partial charge in [-0.25, -0.2) is 5.43 Å². The van der Waals surface area contributed by atoms with Crippen LogP contribution >= 0.6 is 0 Å². The molecule has 2 heterocycles. The van der Waals surface area contributed by atoms with Gasteiger partial charge < -0.3 is 9.84 Å². The summed E-state index contributed by atoms with van der Waals surface area (Å²) in [5.74, 6) is 0.0921. The fourth-order valence-electron chi connectivity index (χ4n) is 3.24. The first-order valence-electron chi connectivity index (χ1n) is 9.04. The molecule has 1 saturated heterocycles. The predicted octanol–water partition coefficient (Wildman–Crippen LogP) is 2.47. The third-order valence-corrected chi connectivity index (χ3v) is 4.60. The second-order valence-electron chi connectivity index (χ2n) is 6.39. The highest BCUT2D eigenvalue weighted by atomic mass is 16.5. The number of rotatable bonds is 6. The molecule has 1 aliphatic heterocycles. The van der Waals surface area contributed by atoms with Crippen LogP contribution in [0.3, 0.4) is 0 Å². The van der Waals surface area contributed by atoms with Crippen molar-refractivity contribution in [3.63, 3.8) is 0 Å². The number of aromatic hydroxyl groups is 1. The molecule has 0 aliphatic carbocycles.